The van der Waals surface area contributed by atoms with E-state index in [-0.39, 0.29) is 12.5 Å². The minimum Gasteiger partial charge on any atom is -0.480 e. The van der Waals surface area contributed by atoms with Gasteiger partial charge >= 0.3 is 12.1 Å². The van der Waals surface area contributed by atoms with Crippen molar-refractivity contribution in [2.45, 2.75) is 44.1 Å². The van der Waals surface area contributed by atoms with Crippen LogP contribution in [0.25, 0.3) is 11.1 Å². The molecule has 1 aliphatic carbocycles. The SMILES string of the molecule is C=CC/C=C/CCC[C@@](C)(NC(=O)OCC1c2ccccc2-c2ccccc21)C(=O)O. The van der Waals surface area contributed by atoms with E-state index in [1.54, 1.807) is 6.08 Å². The molecule has 162 valence electrons. The first-order chi connectivity index (χ1) is 15.0. The highest BCUT2D eigenvalue weighted by atomic mass is 16.5. The summed E-state index contributed by atoms with van der Waals surface area (Å²) in [5, 5.41) is 12.2. The van der Waals surface area contributed by atoms with E-state index in [0.717, 1.165) is 35.1 Å². The van der Waals surface area contributed by atoms with Crippen LogP contribution in [0.4, 0.5) is 4.79 Å². The molecule has 0 fully saturated rings. The Labute approximate surface area is 183 Å². The van der Waals surface area contributed by atoms with Gasteiger partial charge in [-0.25, -0.2) is 9.59 Å². The zero-order chi connectivity index (χ0) is 22.3. The number of unbranched alkanes of at least 4 members (excludes halogenated alkanes) is 1. The number of carboxylic acids is 1. The Morgan fingerprint density at radius 3 is 2.29 bits per heavy atom. The Bertz CT molecular complexity index is 935. The molecule has 0 aliphatic heterocycles. The monoisotopic (exact) mass is 419 g/mol. The van der Waals surface area contributed by atoms with E-state index >= 15 is 0 Å². The Balaban J connectivity index is 1.61. The highest BCUT2D eigenvalue weighted by molar-refractivity contribution is 5.84. The van der Waals surface area contributed by atoms with Gasteiger partial charge in [-0.05, 0) is 54.9 Å². The van der Waals surface area contributed by atoms with Gasteiger partial charge in [0.1, 0.15) is 12.1 Å². The van der Waals surface area contributed by atoms with Crippen LogP contribution in [0.5, 0.6) is 0 Å². The lowest BCUT2D eigenvalue weighted by Crippen LogP contribution is -2.52. The average molecular weight is 420 g/mol. The lowest BCUT2D eigenvalue weighted by Gasteiger charge is -2.26. The number of hydrogen-bond acceptors (Lipinski definition) is 3. The quantitative estimate of drug-likeness (QED) is 0.384. The van der Waals surface area contributed by atoms with E-state index in [9.17, 15) is 14.7 Å². The number of fused-ring (bicyclic) bond motifs is 3. The van der Waals surface area contributed by atoms with Gasteiger partial charge in [0, 0.05) is 5.92 Å². The van der Waals surface area contributed by atoms with Crippen LogP contribution < -0.4 is 5.32 Å². The van der Waals surface area contributed by atoms with Crippen molar-refractivity contribution in [2.24, 2.45) is 0 Å². The number of nitrogens with one attached hydrogen (secondary N) is 1. The van der Waals surface area contributed by atoms with E-state index in [2.05, 4.69) is 24.0 Å². The van der Waals surface area contributed by atoms with Crippen molar-refractivity contribution in [1.29, 1.82) is 0 Å². The molecule has 3 rings (SSSR count). The van der Waals surface area contributed by atoms with Crippen LogP contribution in [0.15, 0.2) is 73.3 Å². The largest absolute Gasteiger partial charge is 0.480 e. The van der Waals surface area contributed by atoms with Gasteiger partial charge in [0.2, 0.25) is 0 Å². The van der Waals surface area contributed by atoms with Crippen molar-refractivity contribution in [3.63, 3.8) is 0 Å². The first kappa shape index (κ1) is 22.3. The highest BCUT2D eigenvalue weighted by Gasteiger charge is 2.35. The van der Waals surface area contributed by atoms with Crippen LogP contribution in [-0.4, -0.2) is 29.3 Å². The van der Waals surface area contributed by atoms with E-state index < -0.39 is 17.6 Å². The Morgan fingerprint density at radius 2 is 1.71 bits per heavy atom. The summed E-state index contributed by atoms with van der Waals surface area (Å²) in [4.78, 5) is 24.3. The van der Waals surface area contributed by atoms with Crippen molar-refractivity contribution < 1.29 is 19.4 Å². The molecule has 0 radical (unpaired) electrons. The third kappa shape index (κ3) is 5.23. The van der Waals surface area contributed by atoms with E-state index in [4.69, 9.17) is 4.74 Å². The fraction of sp³-hybridized carbons (Fsp3) is 0.308. The lowest BCUT2D eigenvalue weighted by molar-refractivity contribution is -0.144. The molecule has 1 atom stereocenters. The van der Waals surface area contributed by atoms with Gasteiger partial charge in [0.05, 0.1) is 0 Å². The maximum atomic E-state index is 12.5. The van der Waals surface area contributed by atoms with Gasteiger partial charge in [-0.15, -0.1) is 6.58 Å². The second-order valence-corrected chi connectivity index (χ2v) is 7.98. The summed E-state index contributed by atoms with van der Waals surface area (Å²) in [7, 11) is 0. The third-order valence-corrected chi connectivity index (χ3v) is 5.71. The molecule has 2 aromatic carbocycles. The van der Waals surface area contributed by atoms with Crippen LogP contribution in [0, 0.1) is 0 Å². The van der Waals surface area contributed by atoms with E-state index in [1.807, 2.05) is 48.6 Å². The summed E-state index contributed by atoms with van der Waals surface area (Å²) < 4.78 is 5.51. The molecule has 2 aromatic rings. The summed E-state index contributed by atoms with van der Waals surface area (Å²) in [6, 6.07) is 16.2. The normalized spacial score (nSPS) is 14.5. The van der Waals surface area contributed by atoms with Crippen LogP contribution in [0.1, 0.15) is 49.7 Å². The second kappa shape index (κ2) is 10.1. The van der Waals surface area contributed by atoms with Gasteiger partial charge < -0.3 is 15.2 Å². The molecule has 5 heteroatoms. The Morgan fingerprint density at radius 1 is 1.10 bits per heavy atom. The molecule has 0 saturated carbocycles. The molecule has 0 saturated heterocycles. The molecule has 0 bridgehead atoms. The number of allylic oxidation sites excluding steroid dienone is 3. The van der Waals surface area contributed by atoms with E-state index in [1.165, 1.54) is 6.92 Å². The smallest absolute Gasteiger partial charge is 0.408 e. The predicted octanol–water partition coefficient (Wildman–Crippen LogP) is 5.67. The van der Waals surface area contributed by atoms with Crippen LogP contribution in [-0.2, 0) is 9.53 Å². The molecule has 0 unspecified atom stereocenters. The van der Waals surface area contributed by atoms with Crippen molar-refractivity contribution >= 4 is 12.1 Å². The maximum absolute atomic E-state index is 12.5. The average Bonchev–Trinajstić information content (AvgIpc) is 3.08. The lowest BCUT2D eigenvalue weighted by atomic mass is 9.95. The fourth-order valence-corrected chi connectivity index (χ4v) is 3.97. The minimum atomic E-state index is -1.38. The first-order valence-corrected chi connectivity index (χ1v) is 10.6. The molecule has 5 nitrogen and oxygen atoms in total. The number of carboxylic acid groups (broad SMARTS) is 1. The molecule has 31 heavy (non-hydrogen) atoms. The molecule has 0 spiro atoms. The summed E-state index contributed by atoms with van der Waals surface area (Å²) in [6.07, 6.45) is 7.55. The van der Waals surface area contributed by atoms with Crippen molar-refractivity contribution in [1.82, 2.24) is 5.32 Å². The number of alkyl carbamates (subject to hydrolysis) is 1. The predicted molar refractivity (Wildman–Crippen MR) is 122 cm³/mol. The summed E-state index contributed by atoms with van der Waals surface area (Å²) >= 11 is 0. The number of carbonyl (C=O) groups excluding carboxylic acids is 1. The topological polar surface area (TPSA) is 75.6 Å². The molecular formula is C26H29NO4. The zero-order valence-corrected chi connectivity index (χ0v) is 17.8. The summed E-state index contributed by atoms with van der Waals surface area (Å²) in [5.41, 5.74) is 3.14. The summed E-state index contributed by atoms with van der Waals surface area (Å²) in [6.45, 7) is 5.32. The number of ether oxygens (including phenoxy) is 1. The highest BCUT2D eigenvalue weighted by Crippen LogP contribution is 2.44. The van der Waals surface area contributed by atoms with Gasteiger partial charge in [-0.3, -0.25) is 0 Å². The van der Waals surface area contributed by atoms with Gasteiger partial charge in [0.15, 0.2) is 0 Å². The van der Waals surface area contributed by atoms with E-state index in [0.29, 0.717) is 12.8 Å². The van der Waals surface area contributed by atoms with Crippen molar-refractivity contribution in [2.75, 3.05) is 6.61 Å². The first-order valence-electron chi connectivity index (χ1n) is 10.6. The number of amides is 1. The minimum absolute atomic E-state index is 0.0655. The number of carbonyl (C=O) groups is 2. The number of aliphatic carboxylic acids is 1. The molecule has 1 aliphatic rings. The third-order valence-electron chi connectivity index (χ3n) is 5.71. The zero-order valence-electron chi connectivity index (χ0n) is 17.8. The molecule has 0 heterocycles. The fourth-order valence-electron chi connectivity index (χ4n) is 3.97. The van der Waals surface area contributed by atoms with Crippen molar-refractivity contribution in [3.05, 3.63) is 84.5 Å². The van der Waals surface area contributed by atoms with Crippen LogP contribution >= 0.6 is 0 Å². The number of hydrogen-bond donors (Lipinski definition) is 2. The maximum Gasteiger partial charge on any atom is 0.408 e. The molecular weight excluding hydrogens is 390 g/mol. The van der Waals surface area contributed by atoms with Gasteiger partial charge in [-0.2, -0.15) is 0 Å². The standard InChI is InChI=1S/C26H29NO4/c1-3-4-5-6-7-12-17-26(2,24(28)29)27-25(30)31-18-23-21-15-10-8-13-19(21)20-14-9-11-16-22(20)23/h3,5-6,8-11,13-16,23H,1,4,7,12,17-18H2,2H3,(H,27,30)(H,28,29)/b6-5+/t26-/m1/s1. The van der Waals surface area contributed by atoms with Crippen LogP contribution in [0.3, 0.4) is 0 Å². The Hall–Kier alpha value is -3.34. The number of rotatable bonds is 10. The molecule has 0 aromatic heterocycles. The van der Waals surface area contributed by atoms with Gasteiger partial charge in [0.25, 0.3) is 0 Å². The molecule has 2 N–H and O–H groups in total. The Kier molecular flexibility index (Phi) is 7.29. The second-order valence-electron chi connectivity index (χ2n) is 7.98. The van der Waals surface area contributed by atoms with Crippen LogP contribution in [0.2, 0.25) is 0 Å². The molecule has 1 amide bonds. The van der Waals surface area contributed by atoms with Crippen molar-refractivity contribution in [3.8, 4) is 11.1 Å². The number of benzene rings is 2. The van der Waals surface area contributed by atoms with Gasteiger partial charge in [-0.1, -0.05) is 66.8 Å². The summed E-state index contributed by atoms with van der Waals surface area (Å²) in [5.74, 6) is -1.14.